The van der Waals surface area contributed by atoms with Crippen LogP contribution in [-0.2, 0) is 0 Å². The van der Waals surface area contributed by atoms with Gasteiger partial charge in [-0.2, -0.15) is 0 Å². The molecule has 0 atom stereocenters. The second-order valence-electron chi connectivity index (χ2n) is 3.09. The Hall–Kier alpha value is -1.72. The quantitative estimate of drug-likeness (QED) is 0.660. The van der Waals surface area contributed by atoms with Gasteiger partial charge in [-0.15, -0.1) is 0 Å². The van der Waals surface area contributed by atoms with E-state index in [-0.39, 0.29) is 0 Å². The van der Waals surface area contributed by atoms with E-state index in [1.54, 1.807) is 24.5 Å². The molecule has 15 heavy (non-hydrogen) atoms. The molecule has 2 aromatic heterocycles. The molecule has 2 N–H and O–H groups in total. The van der Waals surface area contributed by atoms with Crippen molar-refractivity contribution in [2.24, 2.45) is 0 Å². The highest BCUT2D eigenvalue weighted by molar-refractivity contribution is 6.58. The summed E-state index contributed by atoms with van der Waals surface area (Å²) in [5.74, 6) is 0. The van der Waals surface area contributed by atoms with Crippen molar-refractivity contribution in [3.05, 3.63) is 42.9 Å². The number of hydrogen-bond donors (Lipinski definition) is 2. The van der Waals surface area contributed by atoms with Gasteiger partial charge in [-0.25, -0.2) is 0 Å². The van der Waals surface area contributed by atoms with Crippen molar-refractivity contribution >= 4 is 12.6 Å². The molecule has 0 saturated carbocycles. The predicted molar refractivity (Wildman–Crippen MR) is 57.3 cm³/mol. The van der Waals surface area contributed by atoms with E-state index < -0.39 is 7.12 Å². The lowest BCUT2D eigenvalue weighted by atomic mass is 9.81. The summed E-state index contributed by atoms with van der Waals surface area (Å²) in [5, 5.41) is 17.8. The molecule has 74 valence electrons. The van der Waals surface area contributed by atoms with Crippen LogP contribution in [0.25, 0.3) is 11.3 Å². The van der Waals surface area contributed by atoms with E-state index in [0.29, 0.717) is 5.46 Å². The SMILES string of the molecule is OB(O)c1ccc(-c2ccncc2)nc1. The molecule has 0 spiro atoms. The van der Waals surface area contributed by atoms with Crippen LogP contribution in [0.4, 0.5) is 0 Å². The highest BCUT2D eigenvalue weighted by atomic mass is 16.4. The van der Waals surface area contributed by atoms with Gasteiger partial charge in [-0.1, -0.05) is 6.07 Å². The number of nitrogens with zero attached hydrogens (tertiary/aromatic N) is 2. The fourth-order valence-electron chi connectivity index (χ4n) is 1.25. The fourth-order valence-corrected chi connectivity index (χ4v) is 1.25. The number of hydrogen-bond acceptors (Lipinski definition) is 4. The van der Waals surface area contributed by atoms with Crippen LogP contribution in [0.15, 0.2) is 42.9 Å². The van der Waals surface area contributed by atoms with Crippen molar-refractivity contribution in [3.63, 3.8) is 0 Å². The van der Waals surface area contributed by atoms with E-state index in [1.807, 2.05) is 12.1 Å². The van der Waals surface area contributed by atoms with Crippen LogP contribution in [0.2, 0.25) is 0 Å². The average molecular weight is 200 g/mol. The minimum Gasteiger partial charge on any atom is -0.423 e. The summed E-state index contributed by atoms with van der Waals surface area (Å²) >= 11 is 0. The molecule has 2 rings (SSSR count). The van der Waals surface area contributed by atoms with Crippen molar-refractivity contribution in [1.82, 2.24) is 9.97 Å². The van der Waals surface area contributed by atoms with Crippen molar-refractivity contribution in [2.45, 2.75) is 0 Å². The molecule has 0 bridgehead atoms. The molecule has 0 aliphatic carbocycles. The normalized spacial score (nSPS) is 10.0. The molecule has 4 nitrogen and oxygen atoms in total. The van der Waals surface area contributed by atoms with E-state index in [0.717, 1.165) is 11.3 Å². The van der Waals surface area contributed by atoms with Crippen molar-refractivity contribution in [2.75, 3.05) is 0 Å². The number of aromatic nitrogens is 2. The zero-order valence-corrected chi connectivity index (χ0v) is 7.91. The third kappa shape index (κ3) is 2.20. The van der Waals surface area contributed by atoms with Crippen LogP contribution in [0.1, 0.15) is 0 Å². The molecule has 2 heterocycles. The largest absolute Gasteiger partial charge is 0.490 e. The topological polar surface area (TPSA) is 66.2 Å². The van der Waals surface area contributed by atoms with Crippen LogP contribution >= 0.6 is 0 Å². The zero-order valence-electron chi connectivity index (χ0n) is 7.91. The lowest BCUT2D eigenvalue weighted by Gasteiger charge is -2.01. The van der Waals surface area contributed by atoms with E-state index in [9.17, 15) is 0 Å². The van der Waals surface area contributed by atoms with Crippen LogP contribution in [-0.4, -0.2) is 27.1 Å². The van der Waals surface area contributed by atoms with Gasteiger partial charge in [0.15, 0.2) is 0 Å². The Labute approximate surface area is 87.4 Å². The standard InChI is InChI=1S/C10H9BN2O2/c14-11(15)9-1-2-10(13-7-9)8-3-5-12-6-4-8/h1-7,14-15H. The predicted octanol–water partition coefficient (Wildman–Crippen LogP) is -0.177. The monoisotopic (exact) mass is 200 g/mol. The van der Waals surface area contributed by atoms with Gasteiger partial charge in [0.1, 0.15) is 0 Å². The van der Waals surface area contributed by atoms with Gasteiger partial charge in [0.05, 0.1) is 5.69 Å². The third-order valence-electron chi connectivity index (χ3n) is 2.06. The molecular weight excluding hydrogens is 191 g/mol. The first kappa shape index (κ1) is 9.83. The summed E-state index contributed by atoms with van der Waals surface area (Å²) < 4.78 is 0. The van der Waals surface area contributed by atoms with Crippen LogP contribution in [0, 0.1) is 0 Å². The van der Waals surface area contributed by atoms with E-state index in [4.69, 9.17) is 10.0 Å². The summed E-state index contributed by atoms with van der Waals surface area (Å²) in [6, 6.07) is 7.06. The van der Waals surface area contributed by atoms with Crippen LogP contribution in [0.3, 0.4) is 0 Å². The van der Waals surface area contributed by atoms with Gasteiger partial charge in [-0.05, 0) is 18.2 Å². The summed E-state index contributed by atoms with van der Waals surface area (Å²) in [7, 11) is -1.47. The highest BCUT2D eigenvalue weighted by Crippen LogP contribution is 2.13. The fraction of sp³-hybridized carbons (Fsp3) is 0. The van der Waals surface area contributed by atoms with Crippen molar-refractivity contribution < 1.29 is 10.0 Å². The van der Waals surface area contributed by atoms with E-state index >= 15 is 0 Å². The molecule has 0 saturated heterocycles. The van der Waals surface area contributed by atoms with Gasteiger partial charge in [0.2, 0.25) is 0 Å². The smallest absolute Gasteiger partial charge is 0.423 e. The second kappa shape index (κ2) is 4.21. The maximum Gasteiger partial charge on any atom is 0.490 e. The molecule has 2 aromatic rings. The summed E-state index contributed by atoms with van der Waals surface area (Å²) in [5.41, 5.74) is 2.11. The highest BCUT2D eigenvalue weighted by Gasteiger charge is 2.10. The van der Waals surface area contributed by atoms with Gasteiger partial charge in [0, 0.05) is 29.6 Å². The minimum atomic E-state index is -1.47. The summed E-state index contributed by atoms with van der Waals surface area (Å²) in [6.07, 6.45) is 4.82. The molecule has 0 unspecified atom stereocenters. The molecule has 0 radical (unpaired) electrons. The van der Waals surface area contributed by atoms with Crippen molar-refractivity contribution in [1.29, 1.82) is 0 Å². The van der Waals surface area contributed by atoms with Gasteiger partial charge in [-0.3, -0.25) is 9.97 Å². The maximum atomic E-state index is 8.89. The Bertz CT molecular complexity index is 431. The van der Waals surface area contributed by atoms with E-state index in [1.165, 1.54) is 6.20 Å². The van der Waals surface area contributed by atoms with Crippen LogP contribution < -0.4 is 5.46 Å². The van der Waals surface area contributed by atoms with Gasteiger partial charge >= 0.3 is 7.12 Å². The Balaban J connectivity index is 2.32. The zero-order chi connectivity index (χ0) is 10.7. The second-order valence-corrected chi connectivity index (χ2v) is 3.09. The number of rotatable bonds is 2. The first-order valence-corrected chi connectivity index (χ1v) is 4.50. The molecule has 0 aromatic carbocycles. The minimum absolute atomic E-state index is 0.382. The first-order valence-electron chi connectivity index (χ1n) is 4.50. The Kier molecular flexibility index (Phi) is 2.76. The van der Waals surface area contributed by atoms with Crippen LogP contribution in [0.5, 0.6) is 0 Å². The Morgan fingerprint density at radius 2 is 1.73 bits per heavy atom. The lowest BCUT2D eigenvalue weighted by molar-refractivity contribution is 0.425. The summed E-state index contributed by atoms with van der Waals surface area (Å²) in [4.78, 5) is 8.03. The number of pyridine rings is 2. The molecule has 0 aliphatic rings. The van der Waals surface area contributed by atoms with Gasteiger partial charge in [0.25, 0.3) is 0 Å². The maximum absolute atomic E-state index is 8.89. The Morgan fingerprint density at radius 3 is 2.27 bits per heavy atom. The molecule has 0 amide bonds. The summed E-state index contributed by atoms with van der Waals surface area (Å²) in [6.45, 7) is 0. The van der Waals surface area contributed by atoms with Gasteiger partial charge < -0.3 is 10.0 Å². The first-order chi connectivity index (χ1) is 7.27. The Morgan fingerprint density at radius 1 is 1.00 bits per heavy atom. The lowest BCUT2D eigenvalue weighted by Crippen LogP contribution is -2.29. The average Bonchev–Trinajstić information content (AvgIpc) is 2.30. The molecule has 0 fully saturated rings. The van der Waals surface area contributed by atoms with E-state index in [2.05, 4.69) is 9.97 Å². The molecule has 5 heteroatoms. The third-order valence-corrected chi connectivity index (χ3v) is 2.06. The molecular formula is C10H9BN2O2. The van der Waals surface area contributed by atoms with Crippen molar-refractivity contribution in [3.8, 4) is 11.3 Å². The molecule has 0 aliphatic heterocycles.